The molecule has 1 N–H and O–H groups in total. The summed E-state index contributed by atoms with van der Waals surface area (Å²) < 4.78 is 22.8. The highest BCUT2D eigenvalue weighted by Crippen LogP contribution is 2.48. The average molecular weight is 366 g/mol. The van der Waals surface area contributed by atoms with E-state index in [2.05, 4.69) is 5.09 Å². The monoisotopic (exact) mass is 365 g/mol. The lowest BCUT2D eigenvalue weighted by molar-refractivity contribution is -0.149. The Labute approximate surface area is 140 Å². The zero-order valence-corrected chi connectivity index (χ0v) is 15.3. The molecule has 0 spiro atoms. The fourth-order valence-corrected chi connectivity index (χ4v) is 3.73. The van der Waals surface area contributed by atoms with E-state index >= 15 is 0 Å². The van der Waals surface area contributed by atoms with Crippen molar-refractivity contribution in [3.8, 4) is 5.75 Å². The van der Waals surface area contributed by atoms with Gasteiger partial charge < -0.3 is 9.26 Å². The molecule has 1 aromatic carbocycles. The fourth-order valence-electron chi connectivity index (χ4n) is 1.61. The minimum atomic E-state index is -3.70. The van der Waals surface area contributed by atoms with Gasteiger partial charge in [0, 0.05) is 11.2 Å². The molecule has 0 amide bonds. The first-order chi connectivity index (χ1) is 10.3. The zero-order chi connectivity index (χ0) is 16.6. The van der Waals surface area contributed by atoms with E-state index in [1.807, 2.05) is 6.26 Å². The summed E-state index contributed by atoms with van der Waals surface area (Å²) in [7, 11) is 0. The summed E-state index contributed by atoms with van der Waals surface area (Å²) in [5.74, 6) is 0.586. The second-order valence-electron chi connectivity index (χ2n) is 4.83. The molecule has 0 fully saturated rings. The SMILES string of the molecule is CSCC[C@H](NP(=O)(Cl)Oc1ccccc1)C(=O)OC(C)C. The highest BCUT2D eigenvalue weighted by Gasteiger charge is 2.31. The lowest BCUT2D eigenvalue weighted by atomic mass is 10.2. The number of rotatable bonds is 9. The Kier molecular flexibility index (Phi) is 8.33. The Balaban J connectivity index is 2.73. The summed E-state index contributed by atoms with van der Waals surface area (Å²) in [5, 5.41) is 2.59. The maximum absolute atomic E-state index is 12.4. The smallest absolute Gasteiger partial charge is 0.409 e. The number of carbonyl (C=O) groups excluding carboxylic acids is 1. The molecule has 0 aromatic heterocycles. The molecule has 0 saturated carbocycles. The van der Waals surface area contributed by atoms with Crippen LogP contribution in [0.25, 0.3) is 0 Å². The van der Waals surface area contributed by atoms with Crippen molar-refractivity contribution in [1.82, 2.24) is 5.09 Å². The van der Waals surface area contributed by atoms with Gasteiger partial charge in [0.15, 0.2) is 0 Å². The number of carbonyl (C=O) groups is 1. The molecule has 124 valence electrons. The van der Waals surface area contributed by atoms with Crippen LogP contribution in [0.4, 0.5) is 0 Å². The number of nitrogens with one attached hydrogen (secondary N) is 1. The van der Waals surface area contributed by atoms with Crippen LogP contribution in [0.2, 0.25) is 0 Å². The van der Waals surface area contributed by atoms with Gasteiger partial charge in [0.2, 0.25) is 0 Å². The number of esters is 1. The normalized spacial score (nSPS) is 15.1. The molecular formula is C14H21ClNO4PS. The van der Waals surface area contributed by atoms with Crippen molar-refractivity contribution in [1.29, 1.82) is 0 Å². The average Bonchev–Trinajstić information content (AvgIpc) is 2.43. The van der Waals surface area contributed by atoms with E-state index in [-0.39, 0.29) is 6.10 Å². The van der Waals surface area contributed by atoms with Crippen molar-refractivity contribution in [2.24, 2.45) is 0 Å². The van der Waals surface area contributed by atoms with Gasteiger partial charge in [-0.1, -0.05) is 18.2 Å². The molecule has 0 aliphatic heterocycles. The van der Waals surface area contributed by atoms with Gasteiger partial charge in [0.25, 0.3) is 0 Å². The minimum absolute atomic E-state index is 0.254. The maximum atomic E-state index is 12.4. The van der Waals surface area contributed by atoms with Gasteiger partial charge in [-0.25, -0.2) is 9.65 Å². The lowest BCUT2D eigenvalue weighted by Gasteiger charge is -2.21. The summed E-state index contributed by atoms with van der Waals surface area (Å²) in [5.41, 5.74) is 0. The zero-order valence-electron chi connectivity index (χ0n) is 12.8. The predicted octanol–water partition coefficient (Wildman–Crippen LogP) is 4.08. The van der Waals surface area contributed by atoms with Gasteiger partial charge in [-0.15, -0.1) is 0 Å². The summed E-state index contributed by atoms with van der Waals surface area (Å²) in [6.07, 6.45) is 2.11. The van der Waals surface area contributed by atoms with E-state index in [9.17, 15) is 9.36 Å². The largest absolute Gasteiger partial charge is 0.462 e. The van der Waals surface area contributed by atoms with E-state index in [1.165, 1.54) is 0 Å². The Hall–Kier alpha value is -0.680. The van der Waals surface area contributed by atoms with Crippen LogP contribution in [0.3, 0.4) is 0 Å². The molecule has 0 aliphatic carbocycles. The van der Waals surface area contributed by atoms with Gasteiger partial charge in [-0.2, -0.15) is 11.8 Å². The summed E-state index contributed by atoms with van der Waals surface area (Å²) >= 11 is 7.51. The molecule has 1 rings (SSSR count). The third kappa shape index (κ3) is 7.54. The molecule has 8 heteroatoms. The van der Waals surface area contributed by atoms with E-state index in [0.29, 0.717) is 17.9 Å². The van der Waals surface area contributed by atoms with Crippen molar-refractivity contribution in [3.63, 3.8) is 0 Å². The van der Waals surface area contributed by atoms with E-state index in [1.54, 1.807) is 55.9 Å². The van der Waals surface area contributed by atoms with Gasteiger partial charge in [0.1, 0.15) is 11.8 Å². The van der Waals surface area contributed by atoms with Crippen molar-refractivity contribution in [2.75, 3.05) is 12.0 Å². The highest BCUT2D eigenvalue weighted by molar-refractivity contribution is 7.98. The third-order valence-electron chi connectivity index (χ3n) is 2.52. The van der Waals surface area contributed by atoms with Crippen molar-refractivity contribution < 1.29 is 18.6 Å². The van der Waals surface area contributed by atoms with Crippen LogP contribution in [-0.2, 0) is 14.1 Å². The Morgan fingerprint density at radius 3 is 2.55 bits per heavy atom. The molecular weight excluding hydrogens is 345 g/mol. The van der Waals surface area contributed by atoms with Crippen LogP contribution >= 0.6 is 29.9 Å². The van der Waals surface area contributed by atoms with Crippen molar-refractivity contribution in [3.05, 3.63) is 30.3 Å². The molecule has 0 aliphatic rings. The molecule has 0 bridgehead atoms. The van der Waals surface area contributed by atoms with Crippen molar-refractivity contribution in [2.45, 2.75) is 32.4 Å². The molecule has 5 nitrogen and oxygen atoms in total. The van der Waals surface area contributed by atoms with Crippen LogP contribution in [-0.4, -0.2) is 30.1 Å². The number of ether oxygens (including phenoxy) is 1. The number of thioether (sulfide) groups is 1. The van der Waals surface area contributed by atoms with Gasteiger partial charge in [-0.3, -0.25) is 4.79 Å². The molecule has 2 atom stereocenters. The van der Waals surface area contributed by atoms with Crippen LogP contribution in [0.5, 0.6) is 5.75 Å². The number of hydrogen-bond donors (Lipinski definition) is 1. The summed E-state index contributed by atoms with van der Waals surface area (Å²) in [6.45, 7) is -0.187. The third-order valence-corrected chi connectivity index (χ3v) is 4.73. The van der Waals surface area contributed by atoms with Crippen LogP contribution < -0.4 is 9.61 Å². The van der Waals surface area contributed by atoms with Crippen LogP contribution in [0.1, 0.15) is 20.3 Å². The number of benzene rings is 1. The standard InChI is InChI=1S/C14H21ClNO4PS/c1-11(2)19-14(17)13(9-10-22-3)16-21(15,18)20-12-7-5-4-6-8-12/h4-8,11,13H,9-10H2,1-3H3,(H,16,18)/t13-,21?/m0/s1. The van der Waals surface area contributed by atoms with E-state index in [0.717, 1.165) is 0 Å². The highest BCUT2D eigenvalue weighted by atomic mass is 35.7. The van der Waals surface area contributed by atoms with E-state index < -0.39 is 18.9 Å². The number of para-hydroxylation sites is 1. The lowest BCUT2D eigenvalue weighted by Crippen LogP contribution is -2.37. The maximum Gasteiger partial charge on any atom is 0.409 e. The first-order valence-electron chi connectivity index (χ1n) is 6.85. The second kappa shape index (κ2) is 9.46. The Morgan fingerprint density at radius 1 is 1.36 bits per heavy atom. The van der Waals surface area contributed by atoms with Crippen molar-refractivity contribution >= 4 is 35.8 Å². The molecule has 0 heterocycles. The summed E-state index contributed by atoms with van der Waals surface area (Å²) in [4.78, 5) is 12.1. The quantitative estimate of drug-likeness (QED) is 0.525. The molecule has 1 unspecified atom stereocenters. The minimum Gasteiger partial charge on any atom is -0.462 e. The number of hydrogen-bond acceptors (Lipinski definition) is 5. The molecule has 22 heavy (non-hydrogen) atoms. The second-order valence-corrected chi connectivity index (χ2v) is 8.55. The molecule has 0 radical (unpaired) electrons. The van der Waals surface area contributed by atoms with E-state index in [4.69, 9.17) is 20.5 Å². The topological polar surface area (TPSA) is 64.6 Å². The first-order valence-corrected chi connectivity index (χ1v) is 10.8. The fraction of sp³-hybridized carbons (Fsp3) is 0.500. The van der Waals surface area contributed by atoms with Gasteiger partial charge in [-0.05, 0) is 44.4 Å². The van der Waals surface area contributed by atoms with Crippen LogP contribution in [0.15, 0.2) is 30.3 Å². The summed E-state index contributed by atoms with van der Waals surface area (Å²) in [6, 6.07) is 7.79. The first kappa shape index (κ1) is 19.4. The number of halogens is 1. The van der Waals surface area contributed by atoms with Gasteiger partial charge >= 0.3 is 12.8 Å². The Morgan fingerprint density at radius 2 is 2.00 bits per heavy atom. The molecule has 1 aromatic rings. The molecule has 0 saturated heterocycles. The Bertz CT molecular complexity index is 515. The predicted molar refractivity (Wildman–Crippen MR) is 91.7 cm³/mol. The van der Waals surface area contributed by atoms with Gasteiger partial charge in [0.05, 0.1) is 6.10 Å². The van der Waals surface area contributed by atoms with Crippen LogP contribution in [0, 0.1) is 0 Å².